The zero-order chi connectivity index (χ0) is 9.28. The largest absolute Gasteiger partial charge is 2.00 e. The first-order valence-electron chi connectivity index (χ1n) is 2.13. The summed E-state index contributed by atoms with van der Waals surface area (Å²) < 4.78 is 21.6. The normalized spacial score (nSPS) is 10.3. The maximum absolute atomic E-state index is 9.24. The quantitative estimate of drug-likeness (QED) is 0.430. The van der Waals surface area contributed by atoms with Crippen molar-refractivity contribution in [1.82, 2.24) is 0 Å². The molecule has 0 aliphatic heterocycles. The van der Waals surface area contributed by atoms with Crippen molar-refractivity contribution < 1.29 is 42.7 Å². The molecule has 0 spiro atoms. The van der Waals surface area contributed by atoms with E-state index in [1.807, 2.05) is 0 Å². The van der Waals surface area contributed by atoms with Crippen molar-refractivity contribution in [1.29, 1.82) is 0 Å². The molecule has 66 valence electrons. The molecule has 0 saturated heterocycles. The van der Waals surface area contributed by atoms with Crippen LogP contribution in [0.15, 0.2) is 0 Å². The van der Waals surface area contributed by atoms with E-state index < -0.39 is 16.5 Å². The molecule has 0 aromatic heterocycles. The Balaban J connectivity index is -0.000000142. The van der Waals surface area contributed by atoms with E-state index in [1.54, 1.807) is 0 Å². The van der Waals surface area contributed by atoms with Gasteiger partial charge in [0.2, 0.25) is 0 Å². The van der Waals surface area contributed by atoms with Gasteiger partial charge in [-0.2, -0.15) is 0 Å². The SMILES string of the molecule is ClCCCl.O=[P+]([O-])O[P+](=O)[O-].[Zn+2]. The van der Waals surface area contributed by atoms with Gasteiger partial charge in [0.05, 0.1) is 0 Å². The van der Waals surface area contributed by atoms with Crippen molar-refractivity contribution in [2.24, 2.45) is 0 Å². The van der Waals surface area contributed by atoms with Gasteiger partial charge in [0, 0.05) is 11.8 Å². The summed E-state index contributed by atoms with van der Waals surface area (Å²) in [6.45, 7) is 0. The molecular formula is C2H4Cl2O5P2Zn+2. The van der Waals surface area contributed by atoms with Crippen LogP contribution in [0.4, 0.5) is 0 Å². The summed E-state index contributed by atoms with van der Waals surface area (Å²) >= 11 is 10.1. The van der Waals surface area contributed by atoms with Gasteiger partial charge in [-0.1, -0.05) is 0 Å². The zero-order valence-electron chi connectivity index (χ0n) is 5.81. The fourth-order valence-electron chi connectivity index (χ4n) is 0.0544. The van der Waals surface area contributed by atoms with Gasteiger partial charge in [-0.05, 0) is 9.13 Å². The summed E-state index contributed by atoms with van der Waals surface area (Å²) in [5.74, 6) is 1.11. The molecular weight excluding hydrogens is 302 g/mol. The van der Waals surface area contributed by atoms with Crippen LogP contribution in [-0.4, -0.2) is 11.8 Å². The Morgan fingerprint density at radius 2 is 1.33 bits per heavy atom. The minimum absolute atomic E-state index is 0. The second kappa shape index (κ2) is 14.8. The Labute approximate surface area is 94.1 Å². The van der Waals surface area contributed by atoms with Crippen LogP contribution in [-0.2, 0) is 32.9 Å². The molecule has 12 heavy (non-hydrogen) atoms. The van der Waals surface area contributed by atoms with Crippen LogP contribution in [0.25, 0.3) is 0 Å². The fourth-order valence-corrected chi connectivity index (χ4v) is 0.490. The van der Waals surface area contributed by atoms with Crippen LogP contribution in [0.1, 0.15) is 0 Å². The molecule has 0 amide bonds. The van der Waals surface area contributed by atoms with E-state index >= 15 is 0 Å². The monoisotopic (exact) mass is 304 g/mol. The van der Waals surface area contributed by atoms with E-state index in [-0.39, 0.29) is 19.5 Å². The summed E-state index contributed by atoms with van der Waals surface area (Å²) in [7, 11) is -6.47. The zero-order valence-corrected chi connectivity index (χ0v) is 12.1. The first kappa shape index (κ1) is 19.0. The Kier molecular flexibility index (Phi) is 23.4. The molecule has 2 unspecified atom stereocenters. The van der Waals surface area contributed by atoms with Crippen molar-refractivity contribution in [2.75, 3.05) is 11.8 Å². The smallest absolute Gasteiger partial charge is 0.563 e. The van der Waals surface area contributed by atoms with Gasteiger partial charge < -0.3 is 9.79 Å². The molecule has 0 heterocycles. The van der Waals surface area contributed by atoms with Crippen molar-refractivity contribution >= 4 is 39.7 Å². The standard InChI is InChI=1S/C2H4Cl2.O5P2.Zn/c3-1-2-4;1-6(2)5-7(3)4;/h1-2H2;;/q;;+2. The first-order valence-corrected chi connectivity index (χ1v) is 5.39. The summed E-state index contributed by atoms with van der Waals surface area (Å²) in [6.07, 6.45) is 0. The van der Waals surface area contributed by atoms with Gasteiger partial charge in [-0.15, -0.1) is 23.2 Å². The molecule has 5 nitrogen and oxygen atoms in total. The summed E-state index contributed by atoms with van der Waals surface area (Å²) in [5, 5.41) is 0. The summed E-state index contributed by atoms with van der Waals surface area (Å²) in [5.41, 5.74) is 0. The first-order chi connectivity index (χ1) is 5.04. The van der Waals surface area contributed by atoms with Gasteiger partial charge in [-0.3, -0.25) is 0 Å². The molecule has 0 rings (SSSR count). The third-order valence-electron chi connectivity index (χ3n) is 0.205. The van der Waals surface area contributed by atoms with Crippen molar-refractivity contribution in [2.45, 2.75) is 0 Å². The van der Waals surface area contributed by atoms with E-state index in [0.717, 1.165) is 0 Å². The second-order valence-electron chi connectivity index (χ2n) is 0.907. The summed E-state index contributed by atoms with van der Waals surface area (Å²) in [6, 6.07) is 0. The van der Waals surface area contributed by atoms with E-state index in [9.17, 15) is 18.9 Å². The van der Waals surface area contributed by atoms with E-state index in [2.05, 4.69) is 4.31 Å². The van der Waals surface area contributed by atoms with Crippen molar-refractivity contribution in [3.8, 4) is 0 Å². The topological polar surface area (TPSA) is 89.5 Å². The third-order valence-corrected chi connectivity index (χ3v) is 1.84. The Morgan fingerprint density at radius 1 is 1.08 bits per heavy atom. The minimum Gasteiger partial charge on any atom is -0.563 e. The van der Waals surface area contributed by atoms with Crippen LogP contribution >= 0.6 is 39.7 Å². The van der Waals surface area contributed by atoms with Crippen LogP contribution in [0.3, 0.4) is 0 Å². The molecule has 0 N–H and O–H groups in total. The van der Waals surface area contributed by atoms with Crippen LogP contribution < -0.4 is 9.79 Å². The average molecular weight is 306 g/mol. The molecule has 0 aromatic carbocycles. The number of hydrogen-bond acceptors (Lipinski definition) is 5. The van der Waals surface area contributed by atoms with Crippen molar-refractivity contribution in [3.05, 3.63) is 0 Å². The Bertz CT molecular complexity index is 121. The van der Waals surface area contributed by atoms with Gasteiger partial charge in [0.15, 0.2) is 0 Å². The summed E-state index contributed by atoms with van der Waals surface area (Å²) in [4.78, 5) is 18.5. The van der Waals surface area contributed by atoms with Gasteiger partial charge in [-0.25, -0.2) is 0 Å². The molecule has 0 aromatic rings. The van der Waals surface area contributed by atoms with Crippen LogP contribution in [0, 0.1) is 0 Å². The number of halogens is 2. The molecule has 0 aliphatic rings. The Morgan fingerprint density at radius 3 is 1.33 bits per heavy atom. The third kappa shape index (κ3) is 30.2. The molecule has 0 radical (unpaired) electrons. The number of hydrogen-bond donors (Lipinski definition) is 0. The maximum Gasteiger partial charge on any atom is 2.00 e. The average Bonchev–Trinajstić information content (AvgIpc) is 1.85. The van der Waals surface area contributed by atoms with Crippen LogP contribution in [0.5, 0.6) is 0 Å². The Hall–Kier alpha value is 1.28. The van der Waals surface area contributed by atoms with Gasteiger partial charge >= 0.3 is 36.0 Å². The fraction of sp³-hybridized carbons (Fsp3) is 1.00. The van der Waals surface area contributed by atoms with E-state index in [0.29, 0.717) is 11.8 Å². The van der Waals surface area contributed by atoms with Gasteiger partial charge in [0.1, 0.15) is 4.31 Å². The second-order valence-corrected chi connectivity index (χ2v) is 3.21. The number of alkyl halides is 2. The molecule has 10 heteroatoms. The minimum atomic E-state index is -3.24. The predicted molar refractivity (Wildman–Crippen MR) is 37.7 cm³/mol. The van der Waals surface area contributed by atoms with Gasteiger partial charge in [0.25, 0.3) is 0 Å². The number of rotatable bonds is 3. The van der Waals surface area contributed by atoms with Crippen molar-refractivity contribution in [3.63, 3.8) is 0 Å². The predicted octanol–water partition coefficient (Wildman–Crippen LogP) is 0.500. The molecule has 0 fully saturated rings. The maximum atomic E-state index is 9.24. The molecule has 0 bridgehead atoms. The molecule has 0 saturated carbocycles. The van der Waals surface area contributed by atoms with E-state index in [4.69, 9.17) is 23.2 Å². The van der Waals surface area contributed by atoms with Crippen LogP contribution in [0.2, 0.25) is 0 Å². The van der Waals surface area contributed by atoms with E-state index in [1.165, 1.54) is 0 Å². The molecule has 0 aliphatic carbocycles. The molecule has 2 atom stereocenters.